The fourth-order valence-corrected chi connectivity index (χ4v) is 1.53. The molecular formula is C8H17FN2. The Kier molecular flexibility index (Phi) is 3.80. The quantitative estimate of drug-likeness (QED) is 0.651. The molecule has 1 rings (SSSR count). The lowest BCUT2D eigenvalue weighted by molar-refractivity contribution is 0.189. The molecule has 3 heteroatoms. The van der Waals surface area contributed by atoms with E-state index in [4.69, 9.17) is 0 Å². The standard InChI is InChI=1S/C8H17FN2/c1-11(6-4-9)8-3-2-5-10-7-8/h8,10H,2-7H2,1H3. The fourth-order valence-electron chi connectivity index (χ4n) is 1.53. The first-order chi connectivity index (χ1) is 5.34. The van der Waals surface area contributed by atoms with E-state index < -0.39 is 0 Å². The van der Waals surface area contributed by atoms with E-state index in [2.05, 4.69) is 10.2 Å². The van der Waals surface area contributed by atoms with E-state index in [1.54, 1.807) is 0 Å². The van der Waals surface area contributed by atoms with Gasteiger partial charge in [0.25, 0.3) is 0 Å². The zero-order valence-electron chi connectivity index (χ0n) is 7.15. The van der Waals surface area contributed by atoms with Crippen molar-refractivity contribution in [3.05, 3.63) is 0 Å². The average molecular weight is 160 g/mol. The number of hydrogen-bond donors (Lipinski definition) is 1. The topological polar surface area (TPSA) is 15.3 Å². The normalized spacial score (nSPS) is 25.9. The number of likely N-dealkylation sites (N-methyl/N-ethyl adjacent to an activating group) is 1. The Hall–Kier alpha value is -0.150. The molecule has 0 radical (unpaired) electrons. The molecule has 0 aromatic carbocycles. The summed E-state index contributed by atoms with van der Waals surface area (Å²) < 4.78 is 11.9. The third kappa shape index (κ3) is 2.75. The Morgan fingerprint density at radius 2 is 2.45 bits per heavy atom. The number of nitrogens with zero attached hydrogens (tertiary/aromatic N) is 1. The molecule has 1 aliphatic rings. The molecule has 66 valence electrons. The van der Waals surface area contributed by atoms with Crippen LogP contribution in [0.2, 0.25) is 0 Å². The minimum Gasteiger partial charge on any atom is -0.315 e. The van der Waals surface area contributed by atoms with Gasteiger partial charge in [-0.05, 0) is 26.4 Å². The Bertz CT molecular complexity index is 102. The zero-order chi connectivity index (χ0) is 8.10. The predicted molar refractivity (Wildman–Crippen MR) is 44.5 cm³/mol. The highest BCUT2D eigenvalue weighted by Gasteiger charge is 2.16. The molecule has 1 saturated heterocycles. The first-order valence-electron chi connectivity index (χ1n) is 4.31. The van der Waals surface area contributed by atoms with Gasteiger partial charge in [0.15, 0.2) is 0 Å². The molecule has 0 bridgehead atoms. The molecule has 1 N–H and O–H groups in total. The van der Waals surface area contributed by atoms with Crippen molar-refractivity contribution in [2.45, 2.75) is 18.9 Å². The lowest BCUT2D eigenvalue weighted by Crippen LogP contribution is -2.44. The predicted octanol–water partition coefficient (Wildman–Crippen LogP) is 0.640. The van der Waals surface area contributed by atoms with E-state index in [9.17, 15) is 4.39 Å². The number of piperidine rings is 1. The highest BCUT2D eigenvalue weighted by molar-refractivity contribution is 4.75. The Labute approximate surface area is 67.8 Å². The van der Waals surface area contributed by atoms with Crippen LogP contribution in [0, 0.1) is 0 Å². The van der Waals surface area contributed by atoms with Crippen molar-refractivity contribution < 1.29 is 4.39 Å². The van der Waals surface area contributed by atoms with E-state index in [1.807, 2.05) is 7.05 Å². The van der Waals surface area contributed by atoms with Crippen molar-refractivity contribution in [2.24, 2.45) is 0 Å². The highest BCUT2D eigenvalue weighted by Crippen LogP contribution is 2.07. The second-order valence-electron chi connectivity index (χ2n) is 3.17. The van der Waals surface area contributed by atoms with Gasteiger partial charge < -0.3 is 5.32 Å². The summed E-state index contributed by atoms with van der Waals surface area (Å²) >= 11 is 0. The number of hydrogen-bond acceptors (Lipinski definition) is 2. The Balaban J connectivity index is 2.21. The highest BCUT2D eigenvalue weighted by atomic mass is 19.1. The summed E-state index contributed by atoms with van der Waals surface area (Å²) in [6, 6.07) is 0.555. The summed E-state index contributed by atoms with van der Waals surface area (Å²) in [5.41, 5.74) is 0. The molecule has 0 spiro atoms. The van der Waals surface area contributed by atoms with E-state index in [1.165, 1.54) is 12.8 Å². The fraction of sp³-hybridized carbons (Fsp3) is 1.00. The molecule has 1 fully saturated rings. The molecular weight excluding hydrogens is 143 g/mol. The number of alkyl halides is 1. The van der Waals surface area contributed by atoms with Gasteiger partial charge in [-0.1, -0.05) is 0 Å². The van der Waals surface area contributed by atoms with Crippen LogP contribution in [0.25, 0.3) is 0 Å². The van der Waals surface area contributed by atoms with E-state index >= 15 is 0 Å². The monoisotopic (exact) mass is 160 g/mol. The van der Waals surface area contributed by atoms with Gasteiger partial charge in [-0.3, -0.25) is 4.90 Å². The van der Waals surface area contributed by atoms with Crippen molar-refractivity contribution in [3.8, 4) is 0 Å². The maximum Gasteiger partial charge on any atom is 0.102 e. The van der Waals surface area contributed by atoms with Crippen molar-refractivity contribution in [2.75, 3.05) is 33.4 Å². The van der Waals surface area contributed by atoms with Gasteiger partial charge in [-0.25, -0.2) is 4.39 Å². The largest absolute Gasteiger partial charge is 0.315 e. The molecule has 0 saturated carbocycles. The molecule has 1 unspecified atom stereocenters. The second kappa shape index (κ2) is 4.67. The minimum atomic E-state index is -0.229. The van der Waals surface area contributed by atoms with Crippen molar-refractivity contribution in [1.82, 2.24) is 10.2 Å². The summed E-state index contributed by atoms with van der Waals surface area (Å²) in [5, 5.41) is 3.31. The Morgan fingerprint density at radius 3 is 3.00 bits per heavy atom. The van der Waals surface area contributed by atoms with Crippen LogP contribution in [0.1, 0.15) is 12.8 Å². The van der Waals surface area contributed by atoms with Crippen LogP contribution in [0.15, 0.2) is 0 Å². The number of rotatable bonds is 3. The lowest BCUT2D eigenvalue weighted by Gasteiger charge is -2.30. The van der Waals surface area contributed by atoms with Gasteiger partial charge in [0.05, 0.1) is 0 Å². The van der Waals surface area contributed by atoms with Gasteiger partial charge in [-0.15, -0.1) is 0 Å². The summed E-state index contributed by atoms with van der Waals surface area (Å²) in [7, 11) is 2.00. The summed E-state index contributed by atoms with van der Waals surface area (Å²) in [5.74, 6) is 0. The lowest BCUT2D eigenvalue weighted by atomic mass is 10.1. The third-order valence-corrected chi connectivity index (χ3v) is 2.33. The van der Waals surface area contributed by atoms with Crippen molar-refractivity contribution in [1.29, 1.82) is 0 Å². The summed E-state index contributed by atoms with van der Waals surface area (Å²) in [6.45, 7) is 2.50. The van der Waals surface area contributed by atoms with Gasteiger partial charge in [0.2, 0.25) is 0 Å². The maximum absolute atomic E-state index is 11.9. The van der Waals surface area contributed by atoms with Gasteiger partial charge in [0, 0.05) is 19.1 Å². The van der Waals surface area contributed by atoms with Crippen LogP contribution in [0.4, 0.5) is 4.39 Å². The van der Waals surface area contributed by atoms with Crippen LogP contribution in [-0.4, -0.2) is 44.3 Å². The van der Waals surface area contributed by atoms with Crippen LogP contribution in [-0.2, 0) is 0 Å². The molecule has 0 aromatic rings. The molecule has 0 aromatic heterocycles. The molecule has 11 heavy (non-hydrogen) atoms. The van der Waals surface area contributed by atoms with E-state index in [-0.39, 0.29) is 6.67 Å². The van der Waals surface area contributed by atoms with Crippen LogP contribution in [0.5, 0.6) is 0 Å². The third-order valence-electron chi connectivity index (χ3n) is 2.33. The molecule has 0 amide bonds. The number of halogens is 1. The van der Waals surface area contributed by atoms with E-state index in [0.29, 0.717) is 12.6 Å². The molecule has 2 nitrogen and oxygen atoms in total. The number of nitrogens with one attached hydrogen (secondary N) is 1. The van der Waals surface area contributed by atoms with Crippen LogP contribution in [0.3, 0.4) is 0 Å². The van der Waals surface area contributed by atoms with Crippen molar-refractivity contribution in [3.63, 3.8) is 0 Å². The first-order valence-corrected chi connectivity index (χ1v) is 4.31. The van der Waals surface area contributed by atoms with Crippen LogP contribution >= 0.6 is 0 Å². The summed E-state index contributed by atoms with van der Waals surface area (Å²) in [4.78, 5) is 2.10. The molecule has 0 aliphatic carbocycles. The van der Waals surface area contributed by atoms with E-state index in [0.717, 1.165) is 13.1 Å². The van der Waals surface area contributed by atoms with Crippen molar-refractivity contribution >= 4 is 0 Å². The van der Waals surface area contributed by atoms with Crippen LogP contribution < -0.4 is 5.32 Å². The Morgan fingerprint density at radius 1 is 1.64 bits per heavy atom. The van der Waals surface area contributed by atoms with Gasteiger partial charge >= 0.3 is 0 Å². The summed E-state index contributed by atoms with van der Waals surface area (Å²) in [6.07, 6.45) is 2.44. The molecule has 1 aliphatic heterocycles. The minimum absolute atomic E-state index is 0.229. The smallest absolute Gasteiger partial charge is 0.102 e. The van der Waals surface area contributed by atoms with Gasteiger partial charge in [0.1, 0.15) is 6.67 Å². The average Bonchev–Trinajstić information content (AvgIpc) is 2.07. The SMILES string of the molecule is CN(CCF)C1CCCNC1. The van der Waals surface area contributed by atoms with Gasteiger partial charge in [-0.2, -0.15) is 0 Å². The molecule has 1 heterocycles. The maximum atomic E-state index is 11.9. The zero-order valence-corrected chi connectivity index (χ0v) is 7.15. The second-order valence-corrected chi connectivity index (χ2v) is 3.17. The first kappa shape index (κ1) is 8.94. The molecule has 1 atom stereocenters.